The number of pyridine rings is 1. The molecule has 0 radical (unpaired) electrons. The second kappa shape index (κ2) is 4.91. The van der Waals surface area contributed by atoms with Gasteiger partial charge in [-0.25, -0.2) is 0 Å². The highest BCUT2D eigenvalue weighted by Crippen LogP contribution is 2.31. The number of aliphatic hydroxyl groups is 1. The average molecular weight is 267 g/mol. The van der Waals surface area contributed by atoms with Gasteiger partial charge in [-0.15, -0.1) is 0 Å². The van der Waals surface area contributed by atoms with Crippen molar-refractivity contribution in [2.75, 3.05) is 18.1 Å². The van der Waals surface area contributed by atoms with Crippen molar-refractivity contribution in [1.29, 1.82) is 5.26 Å². The lowest BCUT2D eigenvalue weighted by Gasteiger charge is -2.18. The minimum absolute atomic E-state index is 0.0146. The van der Waals surface area contributed by atoms with E-state index in [1.807, 2.05) is 12.1 Å². The van der Waals surface area contributed by atoms with Gasteiger partial charge in [0.15, 0.2) is 0 Å². The first-order valence-corrected chi connectivity index (χ1v) is 6.43. The van der Waals surface area contributed by atoms with E-state index in [1.165, 1.54) is 0 Å². The maximum Gasteiger partial charge on any atom is 0.227 e. The lowest BCUT2D eigenvalue weighted by molar-refractivity contribution is -0.117. The molecule has 1 atom stereocenters. The first-order chi connectivity index (χ1) is 9.74. The van der Waals surface area contributed by atoms with Crippen LogP contribution in [0.4, 0.5) is 5.69 Å². The lowest BCUT2D eigenvalue weighted by Crippen LogP contribution is -2.25. The molecule has 100 valence electrons. The first-order valence-electron chi connectivity index (χ1n) is 6.43. The third-order valence-corrected chi connectivity index (χ3v) is 3.63. The molecule has 2 aromatic rings. The van der Waals surface area contributed by atoms with E-state index in [4.69, 9.17) is 0 Å². The highest BCUT2D eigenvalue weighted by Gasteiger charge is 2.31. The molecule has 1 aliphatic rings. The van der Waals surface area contributed by atoms with E-state index in [-0.39, 0.29) is 18.4 Å². The molecule has 1 N–H and O–H groups in total. The van der Waals surface area contributed by atoms with Crippen LogP contribution in [0, 0.1) is 17.2 Å². The zero-order chi connectivity index (χ0) is 14.1. The molecule has 1 amide bonds. The standard InChI is InChI=1S/C15H13N3O2/c16-7-12-11-2-1-5-17-13(11)3-4-14(12)18-8-10(9-19)6-15(18)20/h1-5,10,19H,6,8-9H2. The van der Waals surface area contributed by atoms with Crippen molar-refractivity contribution in [3.63, 3.8) is 0 Å². The fraction of sp³-hybridized carbons (Fsp3) is 0.267. The zero-order valence-electron chi connectivity index (χ0n) is 10.8. The van der Waals surface area contributed by atoms with Crippen molar-refractivity contribution in [2.45, 2.75) is 6.42 Å². The molecule has 5 nitrogen and oxygen atoms in total. The molecule has 20 heavy (non-hydrogen) atoms. The fourth-order valence-corrected chi connectivity index (χ4v) is 2.62. The number of benzene rings is 1. The van der Waals surface area contributed by atoms with Crippen LogP contribution in [0.2, 0.25) is 0 Å². The zero-order valence-corrected chi connectivity index (χ0v) is 10.8. The van der Waals surface area contributed by atoms with Gasteiger partial charge in [-0.1, -0.05) is 0 Å². The van der Waals surface area contributed by atoms with Crippen molar-refractivity contribution >= 4 is 22.5 Å². The normalized spacial score (nSPS) is 18.5. The molecule has 2 heterocycles. The molecule has 0 spiro atoms. The second-order valence-corrected chi connectivity index (χ2v) is 4.90. The molecule has 1 aromatic carbocycles. The summed E-state index contributed by atoms with van der Waals surface area (Å²) in [6, 6.07) is 9.34. The van der Waals surface area contributed by atoms with Gasteiger partial charge in [-0.3, -0.25) is 9.78 Å². The lowest BCUT2D eigenvalue weighted by atomic mass is 10.1. The number of carbonyl (C=O) groups excluding carboxylic acids is 1. The summed E-state index contributed by atoms with van der Waals surface area (Å²) in [5.41, 5.74) is 1.80. The number of rotatable bonds is 2. The number of aliphatic hydroxyl groups excluding tert-OH is 1. The van der Waals surface area contributed by atoms with Gasteiger partial charge >= 0.3 is 0 Å². The maximum atomic E-state index is 12.0. The van der Waals surface area contributed by atoms with Crippen molar-refractivity contribution in [3.8, 4) is 6.07 Å². The average Bonchev–Trinajstić information content (AvgIpc) is 2.87. The largest absolute Gasteiger partial charge is 0.396 e. The van der Waals surface area contributed by atoms with Crippen molar-refractivity contribution in [2.24, 2.45) is 5.92 Å². The molecule has 1 aromatic heterocycles. The number of fused-ring (bicyclic) bond motifs is 1. The number of carbonyl (C=O) groups is 1. The van der Waals surface area contributed by atoms with Gasteiger partial charge in [0.25, 0.3) is 0 Å². The van der Waals surface area contributed by atoms with E-state index in [1.54, 1.807) is 23.2 Å². The van der Waals surface area contributed by atoms with Crippen LogP contribution in [0.1, 0.15) is 12.0 Å². The summed E-state index contributed by atoms with van der Waals surface area (Å²) in [5.74, 6) is -0.109. The Hall–Kier alpha value is -2.45. The molecule has 1 unspecified atom stereocenters. The Morgan fingerprint density at radius 2 is 2.30 bits per heavy atom. The van der Waals surface area contributed by atoms with Crippen LogP contribution in [0.5, 0.6) is 0 Å². The van der Waals surface area contributed by atoms with Gasteiger partial charge in [-0.05, 0) is 24.3 Å². The monoisotopic (exact) mass is 267 g/mol. The Morgan fingerprint density at radius 3 is 3.00 bits per heavy atom. The minimum atomic E-state index is -0.0568. The number of nitrogens with zero attached hydrogens (tertiary/aromatic N) is 3. The molecule has 0 bridgehead atoms. The Bertz CT molecular complexity index is 721. The van der Waals surface area contributed by atoms with Crippen LogP contribution in [0.3, 0.4) is 0 Å². The Labute approximate surface area is 116 Å². The van der Waals surface area contributed by atoms with E-state index in [0.29, 0.717) is 24.2 Å². The van der Waals surface area contributed by atoms with Crippen LogP contribution in [-0.4, -0.2) is 29.1 Å². The summed E-state index contributed by atoms with van der Waals surface area (Å²) in [5, 5.41) is 19.4. The number of nitriles is 1. The maximum absolute atomic E-state index is 12.0. The van der Waals surface area contributed by atoms with Gasteiger partial charge in [0.05, 0.1) is 16.8 Å². The molecular formula is C15H13N3O2. The molecule has 0 aliphatic carbocycles. The van der Waals surface area contributed by atoms with Crippen LogP contribution in [-0.2, 0) is 4.79 Å². The Morgan fingerprint density at radius 1 is 1.45 bits per heavy atom. The van der Waals surface area contributed by atoms with Crippen molar-refractivity contribution in [3.05, 3.63) is 36.0 Å². The molecule has 1 saturated heterocycles. The number of hydrogen-bond donors (Lipinski definition) is 1. The van der Waals surface area contributed by atoms with Gasteiger partial charge in [-0.2, -0.15) is 5.26 Å². The smallest absolute Gasteiger partial charge is 0.227 e. The third kappa shape index (κ3) is 1.91. The first kappa shape index (κ1) is 12.6. The topological polar surface area (TPSA) is 77.2 Å². The minimum Gasteiger partial charge on any atom is -0.396 e. The van der Waals surface area contributed by atoms with E-state index >= 15 is 0 Å². The molecule has 5 heteroatoms. The summed E-state index contributed by atoms with van der Waals surface area (Å²) in [4.78, 5) is 17.8. The van der Waals surface area contributed by atoms with Crippen molar-refractivity contribution < 1.29 is 9.90 Å². The quantitative estimate of drug-likeness (QED) is 0.893. The van der Waals surface area contributed by atoms with Crippen LogP contribution in [0.25, 0.3) is 10.9 Å². The molecule has 0 saturated carbocycles. The molecule has 1 fully saturated rings. The summed E-state index contributed by atoms with van der Waals surface area (Å²) in [6.45, 7) is 0.440. The molecular weight excluding hydrogens is 254 g/mol. The van der Waals surface area contributed by atoms with Crippen LogP contribution < -0.4 is 4.90 Å². The SMILES string of the molecule is N#Cc1c(N2CC(CO)CC2=O)ccc2ncccc12. The number of aromatic nitrogens is 1. The third-order valence-electron chi connectivity index (χ3n) is 3.63. The van der Waals surface area contributed by atoms with Gasteiger partial charge < -0.3 is 10.0 Å². The van der Waals surface area contributed by atoms with Gasteiger partial charge in [0, 0.05) is 37.1 Å². The van der Waals surface area contributed by atoms with Gasteiger partial charge in [0.2, 0.25) is 5.91 Å². The Kier molecular flexibility index (Phi) is 3.09. The summed E-state index contributed by atoms with van der Waals surface area (Å²) >= 11 is 0. The number of amides is 1. The number of hydrogen-bond acceptors (Lipinski definition) is 4. The summed E-state index contributed by atoms with van der Waals surface area (Å²) in [7, 11) is 0. The predicted molar refractivity (Wildman–Crippen MR) is 74.0 cm³/mol. The summed E-state index contributed by atoms with van der Waals surface area (Å²) in [6.07, 6.45) is 2.00. The van der Waals surface area contributed by atoms with E-state index in [9.17, 15) is 15.2 Å². The Balaban J connectivity index is 2.13. The van der Waals surface area contributed by atoms with E-state index in [2.05, 4.69) is 11.1 Å². The fourth-order valence-electron chi connectivity index (χ4n) is 2.62. The molecule has 1 aliphatic heterocycles. The molecule has 3 rings (SSSR count). The number of anilines is 1. The van der Waals surface area contributed by atoms with Crippen LogP contribution >= 0.6 is 0 Å². The van der Waals surface area contributed by atoms with E-state index in [0.717, 1.165) is 10.9 Å². The van der Waals surface area contributed by atoms with Crippen molar-refractivity contribution in [1.82, 2.24) is 4.98 Å². The van der Waals surface area contributed by atoms with E-state index < -0.39 is 0 Å². The van der Waals surface area contributed by atoms with Crippen LogP contribution in [0.15, 0.2) is 30.5 Å². The van der Waals surface area contributed by atoms with Gasteiger partial charge in [0.1, 0.15) is 6.07 Å². The second-order valence-electron chi connectivity index (χ2n) is 4.90. The highest BCUT2D eigenvalue weighted by atomic mass is 16.3. The summed E-state index contributed by atoms with van der Waals surface area (Å²) < 4.78 is 0. The highest BCUT2D eigenvalue weighted by molar-refractivity contribution is 6.01. The predicted octanol–water partition coefficient (Wildman–Crippen LogP) is 1.45.